The molecule has 0 saturated carbocycles. The Morgan fingerprint density at radius 3 is 2.64 bits per heavy atom. The lowest BCUT2D eigenvalue weighted by molar-refractivity contribution is 0.413. The zero-order valence-electron chi connectivity index (χ0n) is 17.2. The molecular weight excluding hydrogens is 342 g/mol. The van der Waals surface area contributed by atoms with Gasteiger partial charge in [-0.3, -0.25) is 4.98 Å². The molecule has 2 atom stereocenters. The Balaban J connectivity index is 1.45. The lowest BCUT2D eigenvalue weighted by atomic mass is 9.85. The van der Waals surface area contributed by atoms with Crippen molar-refractivity contribution in [1.82, 2.24) is 4.98 Å². The number of fused-ring (bicyclic) bond motifs is 1. The largest absolute Gasteiger partial charge is 0.469 e. The van der Waals surface area contributed by atoms with E-state index in [1.54, 1.807) is 6.26 Å². The number of rotatable bonds is 8. The molecule has 2 nitrogen and oxygen atoms in total. The number of benzene rings is 1. The number of aromatic nitrogens is 1. The van der Waals surface area contributed by atoms with Gasteiger partial charge in [-0.2, -0.15) is 0 Å². The van der Waals surface area contributed by atoms with Crippen molar-refractivity contribution >= 4 is 0 Å². The van der Waals surface area contributed by atoms with Crippen LogP contribution in [-0.2, 0) is 25.7 Å². The molecule has 0 aliphatic heterocycles. The summed E-state index contributed by atoms with van der Waals surface area (Å²) in [5, 5.41) is 0. The van der Waals surface area contributed by atoms with E-state index >= 15 is 0 Å². The van der Waals surface area contributed by atoms with E-state index in [9.17, 15) is 0 Å². The topological polar surface area (TPSA) is 26.0 Å². The van der Waals surface area contributed by atoms with Crippen LogP contribution in [0.25, 0.3) is 0 Å². The first-order valence-corrected chi connectivity index (χ1v) is 10.8. The molecule has 3 aromatic rings. The highest BCUT2D eigenvalue weighted by atomic mass is 16.3. The molecule has 0 N–H and O–H groups in total. The molecule has 1 aliphatic rings. The Labute approximate surface area is 169 Å². The Morgan fingerprint density at radius 1 is 1.07 bits per heavy atom. The predicted molar refractivity (Wildman–Crippen MR) is 115 cm³/mol. The highest BCUT2D eigenvalue weighted by molar-refractivity contribution is 5.31. The number of furan rings is 1. The minimum Gasteiger partial charge on any atom is -0.469 e. The summed E-state index contributed by atoms with van der Waals surface area (Å²) >= 11 is 0. The maximum atomic E-state index is 5.82. The molecule has 0 saturated heterocycles. The molecule has 28 heavy (non-hydrogen) atoms. The van der Waals surface area contributed by atoms with Gasteiger partial charge in [0.15, 0.2) is 0 Å². The smallest absolute Gasteiger partial charge is 0.106 e. The molecule has 2 aromatic heterocycles. The zero-order chi connectivity index (χ0) is 19.3. The summed E-state index contributed by atoms with van der Waals surface area (Å²) in [6.45, 7) is 4.54. The Hall–Kier alpha value is -2.35. The quantitative estimate of drug-likeness (QED) is 0.442. The second-order valence-corrected chi connectivity index (χ2v) is 8.29. The number of pyridine rings is 1. The van der Waals surface area contributed by atoms with Gasteiger partial charge in [-0.1, -0.05) is 44.2 Å². The van der Waals surface area contributed by atoms with Gasteiger partial charge in [-0.25, -0.2) is 0 Å². The number of hydrogen-bond acceptors (Lipinski definition) is 2. The van der Waals surface area contributed by atoms with Crippen LogP contribution in [0.4, 0.5) is 0 Å². The van der Waals surface area contributed by atoms with Gasteiger partial charge >= 0.3 is 0 Å². The normalized spacial score (nSPS) is 15.4. The van der Waals surface area contributed by atoms with E-state index < -0.39 is 0 Å². The average molecular weight is 374 g/mol. The maximum absolute atomic E-state index is 5.82. The molecule has 1 aromatic carbocycles. The van der Waals surface area contributed by atoms with Crippen LogP contribution in [0.15, 0.2) is 59.3 Å². The SMILES string of the molecule is CCc1ccc(CCC(CC(C)c2cnc3c(c2)CCC3)c2ccco2)cc1. The fraction of sp³-hybridized carbons (Fsp3) is 0.423. The van der Waals surface area contributed by atoms with Gasteiger partial charge in [0.25, 0.3) is 0 Å². The van der Waals surface area contributed by atoms with Crippen LogP contribution in [0.3, 0.4) is 0 Å². The van der Waals surface area contributed by atoms with Gasteiger partial charge in [-0.15, -0.1) is 0 Å². The highest BCUT2D eigenvalue weighted by Crippen LogP contribution is 2.34. The second-order valence-electron chi connectivity index (χ2n) is 8.29. The first kappa shape index (κ1) is 19.0. The van der Waals surface area contributed by atoms with Crippen LogP contribution < -0.4 is 0 Å². The molecule has 0 amide bonds. The van der Waals surface area contributed by atoms with Crippen molar-refractivity contribution in [3.8, 4) is 0 Å². The summed E-state index contributed by atoms with van der Waals surface area (Å²) in [7, 11) is 0. The minimum atomic E-state index is 0.434. The maximum Gasteiger partial charge on any atom is 0.106 e. The van der Waals surface area contributed by atoms with Gasteiger partial charge in [0.2, 0.25) is 0 Å². The molecule has 1 aliphatic carbocycles. The number of hydrogen-bond donors (Lipinski definition) is 0. The van der Waals surface area contributed by atoms with Crippen molar-refractivity contribution in [3.63, 3.8) is 0 Å². The van der Waals surface area contributed by atoms with Gasteiger partial charge in [-0.05, 0) is 85.3 Å². The first-order valence-electron chi connectivity index (χ1n) is 10.8. The second kappa shape index (κ2) is 8.77. The third kappa shape index (κ3) is 4.38. The van der Waals surface area contributed by atoms with Gasteiger partial charge < -0.3 is 4.42 Å². The fourth-order valence-electron chi connectivity index (χ4n) is 4.46. The number of nitrogens with zero attached hydrogens (tertiary/aromatic N) is 1. The lowest BCUT2D eigenvalue weighted by Crippen LogP contribution is -2.06. The van der Waals surface area contributed by atoms with E-state index in [-0.39, 0.29) is 0 Å². The molecule has 2 heteroatoms. The third-order valence-electron chi connectivity index (χ3n) is 6.31. The van der Waals surface area contributed by atoms with Crippen LogP contribution >= 0.6 is 0 Å². The summed E-state index contributed by atoms with van der Waals surface area (Å²) in [5.41, 5.74) is 6.98. The van der Waals surface area contributed by atoms with Crippen LogP contribution in [-0.4, -0.2) is 4.98 Å². The van der Waals surface area contributed by atoms with Crippen molar-refractivity contribution in [1.29, 1.82) is 0 Å². The molecule has 0 radical (unpaired) electrons. The molecule has 146 valence electrons. The molecule has 0 spiro atoms. The molecule has 2 heterocycles. The van der Waals surface area contributed by atoms with Crippen LogP contribution in [0.1, 0.15) is 78.7 Å². The van der Waals surface area contributed by atoms with Gasteiger partial charge in [0.05, 0.1) is 6.26 Å². The van der Waals surface area contributed by atoms with Crippen molar-refractivity contribution in [2.75, 3.05) is 0 Å². The summed E-state index contributed by atoms with van der Waals surface area (Å²) in [5.74, 6) is 2.03. The van der Waals surface area contributed by atoms with Crippen LogP contribution in [0.5, 0.6) is 0 Å². The molecule has 2 unspecified atom stereocenters. The van der Waals surface area contributed by atoms with Gasteiger partial charge in [0, 0.05) is 17.8 Å². The van der Waals surface area contributed by atoms with Crippen molar-refractivity contribution in [2.24, 2.45) is 0 Å². The summed E-state index contributed by atoms with van der Waals surface area (Å²) in [6, 6.07) is 15.6. The lowest BCUT2D eigenvalue weighted by Gasteiger charge is -2.20. The summed E-state index contributed by atoms with van der Waals surface area (Å²) in [6.07, 6.45) is 11.9. The minimum absolute atomic E-state index is 0.434. The monoisotopic (exact) mass is 373 g/mol. The van der Waals surface area contributed by atoms with Gasteiger partial charge in [0.1, 0.15) is 5.76 Å². The molecule has 0 fully saturated rings. The van der Waals surface area contributed by atoms with E-state index in [1.165, 1.54) is 40.8 Å². The third-order valence-corrected chi connectivity index (χ3v) is 6.31. The van der Waals surface area contributed by atoms with E-state index in [1.807, 2.05) is 6.07 Å². The average Bonchev–Trinajstić information content (AvgIpc) is 3.42. The molecule has 4 rings (SSSR count). The standard InChI is InChI=1S/C26H31NO/c1-3-20-9-11-21(12-10-20)13-14-23(26-8-5-15-28-26)16-19(2)24-17-22-6-4-7-25(22)27-18-24/h5,8-12,15,17-19,23H,3-4,6-7,13-14,16H2,1-2H3. The fourth-order valence-corrected chi connectivity index (χ4v) is 4.46. The van der Waals surface area contributed by atoms with Crippen LogP contribution in [0, 0.1) is 0 Å². The van der Waals surface area contributed by atoms with E-state index in [0.717, 1.165) is 37.9 Å². The van der Waals surface area contributed by atoms with E-state index in [4.69, 9.17) is 9.40 Å². The first-order chi connectivity index (χ1) is 13.7. The van der Waals surface area contributed by atoms with Crippen molar-refractivity contribution < 1.29 is 4.42 Å². The number of aryl methyl sites for hydroxylation is 4. The predicted octanol–water partition coefficient (Wildman–Crippen LogP) is 6.64. The highest BCUT2D eigenvalue weighted by Gasteiger charge is 2.21. The molecule has 0 bridgehead atoms. The van der Waals surface area contributed by atoms with E-state index in [2.05, 4.69) is 56.4 Å². The van der Waals surface area contributed by atoms with E-state index in [0.29, 0.717) is 11.8 Å². The Kier molecular flexibility index (Phi) is 5.95. The van der Waals surface area contributed by atoms with Crippen molar-refractivity contribution in [2.45, 2.75) is 70.6 Å². The summed E-state index contributed by atoms with van der Waals surface area (Å²) < 4.78 is 5.82. The molecular formula is C26H31NO. The Morgan fingerprint density at radius 2 is 1.89 bits per heavy atom. The van der Waals surface area contributed by atoms with Crippen molar-refractivity contribution in [3.05, 3.63) is 88.6 Å². The Bertz CT molecular complexity index is 879. The zero-order valence-corrected chi connectivity index (χ0v) is 17.2. The van der Waals surface area contributed by atoms with Crippen LogP contribution in [0.2, 0.25) is 0 Å². The summed E-state index contributed by atoms with van der Waals surface area (Å²) in [4.78, 5) is 4.74.